The molecule has 0 aliphatic carbocycles. The van der Waals surface area contributed by atoms with Crippen LogP contribution < -0.4 is 11.1 Å². The number of anilines is 1. The molecule has 1 heterocycles. The standard InChI is InChI=1S/C10H16N4OS/c1-7(16-2)5-6-12-9-4-3-8(10(11)15)13-14-9/h3-4,7H,5-6H2,1-2H3,(H2,11,15)(H,12,14). The van der Waals surface area contributed by atoms with Gasteiger partial charge < -0.3 is 11.1 Å². The zero-order valence-corrected chi connectivity index (χ0v) is 10.3. The molecule has 0 bridgehead atoms. The first-order chi connectivity index (χ1) is 7.63. The number of amides is 1. The van der Waals surface area contributed by atoms with Gasteiger partial charge in [-0.2, -0.15) is 11.8 Å². The van der Waals surface area contributed by atoms with Crippen molar-refractivity contribution in [1.29, 1.82) is 0 Å². The van der Waals surface area contributed by atoms with Gasteiger partial charge in [-0.25, -0.2) is 0 Å². The van der Waals surface area contributed by atoms with E-state index in [4.69, 9.17) is 5.73 Å². The molecule has 3 N–H and O–H groups in total. The van der Waals surface area contributed by atoms with Crippen molar-refractivity contribution in [3.8, 4) is 0 Å². The monoisotopic (exact) mass is 240 g/mol. The molecule has 1 rings (SSSR count). The Kier molecular flexibility index (Phi) is 5.04. The van der Waals surface area contributed by atoms with Crippen molar-refractivity contribution in [2.45, 2.75) is 18.6 Å². The van der Waals surface area contributed by atoms with Gasteiger partial charge in [-0.3, -0.25) is 4.79 Å². The second kappa shape index (κ2) is 6.32. The predicted octanol–water partition coefficient (Wildman–Crippen LogP) is 1.13. The van der Waals surface area contributed by atoms with Crippen molar-refractivity contribution in [3.63, 3.8) is 0 Å². The number of hydrogen-bond acceptors (Lipinski definition) is 5. The summed E-state index contributed by atoms with van der Waals surface area (Å²) in [7, 11) is 0. The number of aromatic nitrogens is 2. The van der Waals surface area contributed by atoms with Crippen molar-refractivity contribution < 1.29 is 4.79 Å². The number of primary amides is 1. The first kappa shape index (κ1) is 12.8. The largest absolute Gasteiger partial charge is 0.369 e. The topological polar surface area (TPSA) is 80.9 Å². The molecular weight excluding hydrogens is 224 g/mol. The van der Waals surface area contributed by atoms with E-state index in [1.807, 2.05) is 11.8 Å². The molecule has 0 aromatic carbocycles. The van der Waals surface area contributed by atoms with Crippen LogP contribution in [0, 0.1) is 0 Å². The van der Waals surface area contributed by atoms with Crippen LogP contribution in [0.5, 0.6) is 0 Å². The smallest absolute Gasteiger partial charge is 0.269 e. The van der Waals surface area contributed by atoms with Crippen LogP contribution in [0.15, 0.2) is 12.1 Å². The summed E-state index contributed by atoms with van der Waals surface area (Å²) < 4.78 is 0. The molecular formula is C10H16N4OS. The van der Waals surface area contributed by atoms with Gasteiger partial charge in [0.1, 0.15) is 5.82 Å². The third-order valence-electron chi connectivity index (χ3n) is 2.18. The second-order valence-corrected chi connectivity index (χ2v) is 4.71. The van der Waals surface area contributed by atoms with Crippen LogP contribution in [-0.2, 0) is 0 Å². The van der Waals surface area contributed by atoms with E-state index in [0.29, 0.717) is 11.1 Å². The Labute approximate surface area is 99.2 Å². The van der Waals surface area contributed by atoms with Crippen LogP contribution in [0.25, 0.3) is 0 Å². The van der Waals surface area contributed by atoms with E-state index in [-0.39, 0.29) is 5.69 Å². The number of carbonyl (C=O) groups is 1. The Balaban J connectivity index is 2.40. The summed E-state index contributed by atoms with van der Waals surface area (Å²) in [5.41, 5.74) is 5.24. The van der Waals surface area contributed by atoms with E-state index in [1.54, 1.807) is 12.1 Å². The summed E-state index contributed by atoms with van der Waals surface area (Å²) in [4.78, 5) is 10.8. The molecule has 0 saturated carbocycles. The third kappa shape index (κ3) is 4.06. The molecule has 5 nitrogen and oxygen atoms in total. The van der Waals surface area contributed by atoms with Gasteiger partial charge in [0.15, 0.2) is 5.69 Å². The fourth-order valence-electron chi connectivity index (χ4n) is 1.08. The van der Waals surface area contributed by atoms with Gasteiger partial charge in [0, 0.05) is 11.8 Å². The SMILES string of the molecule is CSC(C)CCNc1ccc(C(N)=O)nn1. The van der Waals surface area contributed by atoms with Gasteiger partial charge in [0.2, 0.25) is 0 Å². The summed E-state index contributed by atoms with van der Waals surface area (Å²) in [5.74, 6) is 0.105. The highest BCUT2D eigenvalue weighted by atomic mass is 32.2. The van der Waals surface area contributed by atoms with E-state index < -0.39 is 5.91 Å². The van der Waals surface area contributed by atoms with Gasteiger partial charge in [-0.15, -0.1) is 10.2 Å². The molecule has 88 valence electrons. The van der Waals surface area contributed by atoms with E-state index in [9.17, 15) is 4.79 Å². The fourth-order valence-corrected chi connectivity index (χ4v) is 1.43. The lowest BCUT2D eigenvalue weighted by atomic mass is 10.3. The Hall–Kier alpha value is -1.30. The summed E-state index contributed by atoms with van der Waals surface area (Å²) in [6, 6.07) is 3.27. The van der Waals surface area contributed by atoms with Crippen molar-refractivity contribution in [2.24, 2.45) is 5.73 Å². The maximum Gasteiger partial charge on any atom is 0.269 e. The molecule has 1 amide bonds. The Morgan fingerprint density at radius 1 is 1.56 bits per heavy atom. The number of nitrogens with one attached hydrogen (secondary N) is 1. The van der Waals surface area contributed by atoms with Crippen LogP contribution in [0.2, 0.25) is 0 Å². The molecule has 0 aliphatic rings. The van der Waals surface area contributed by atoms with Gasteiger partial charge in [-0.1, -0.05) is 6.92 Å². The summed E-state index contributed by atoms with van der Waals surface area (Å²) >= 11 is 1.83. The van der Waals surface area contributed by atoms with Crippen molar-refractivity contribution >= 4 is 23.5 Å². The molecule has 0 radical (unpaired) electrons. The minimum atomic E-state index is -0.560. The Bertz CT molecular complexity index is 341. The molecule has 0 spiro atoms. The number of nitrogens with zero attached hydrogens (tertiary/aromatic N) is 2. The maximum atomic E-state index is 10.8. The number of nitrogens with two attached hydrogens (primary N) is 1. The van der Waals surface area contributed by atoms with Crippen molar-refractivity contribution in [3.05, 3.63) is 17.8 Å². The average Bonchev–Trinajstić information content (AvgIpc) is 2.29. The molecule has 1 atom stereocenters. The normalized spacial score (nSPS) is 12.1. The maximum absolute atomic E-state index is 10.8. The van der Waals surface area contributed by atoms with Crippen LogP contribution in [0.4, 0.5) is 5.82 Å². The molecule has 1 aromatic rings. The first-order valence-electron chi connectivity index (χ1n) is 5.03. The van der Waals surface area contributed by atoms with Crippen molar-refractivity contribution in [1.82, 2.24) is 10.2 Å². The van der Waals surface area contributed by atoms with Crippen LogP contribution >= 0.6 is 11.8 Å². The Morgan fingerprint density at radius 2 is 2.31 bits per heavy atom. The predicted molar refractivity (Wildman–Crippen MR) is 66.6 cm³/mol. The highest BCUT2D eigenvalue weighted by Crippen LogP contribution is 2.09. The van der Waals surface area contributed by atoms with Crippen LogP contribution in [0.3, 0.4) is 0 Å². The highest BCUT2D eigenvalue weighted by molar-refractivity contribution is 7.99. The summed E-state index contributed by atoms with van der Waals surface area (Å²) in [6.45, 7) is 3.01. The minimum Gasteiger partial charge on any atom is -0.369 e. The number of carbonyl (C=O) groups excluding carboxylic acids is 1. The van der Waals surface area contributed by atoms with Gasteiger partial charge >= 0.3 is 0 Å². The number of thioether (sulfide) groups is 1. The van der Waals surface area contributed by atoms with E-state index >= 15 is 0 Å². The molecule has 0 fully saturated rings. The molecule has 1 aromatic heterocycles. The summed E-state index contributed by atoms with van der Waals surface area (Å²) in [6.07, 6.45) is 3.15. The number of hydrogen-bond donors (Lipinski definition) is 2. The molecule has 16 heavy (non-hydrogen) atoms. The van der Waals surface area contributed by atoms with Gasteiger partial charge in [0.25, 0.3) is 5.91 Å². The Morgan fingerprint density at radius 3 is 2.81 bits per heavy atom. The van der Waals surface area contributed by atoms with Gasteiger partial charge in [0.05, 0.1) is 0 Å². The summed E-state index contributed by atoms with van der Waals surface area (Å²) in [5, 5.41) is 11.3. The highest BCUT2D eigenvalue weighted by Gasteiger charge is 2.03. The fraction of sp³-hybridized carbons (Fsp3) is 0.500. The molecule has 6 heteroatoms. The zero-order valence-electron chi connectivity index (χ0n) is 9.43. The lowest BCUT2D eigenvalue weighted by Gasteiger charge is -2.08. The molecule has 0 saturated heterocycles. The van der Waals surface area contributed by atoms with Crippen molar-refractivity contribution in [2.75, 3.05) is 18.1 Å². The lowest BCUT2D eigenvalue weighted by molar-refractivity contribution is 0.0994. The third-order valence-corrected chi connectivity index (χ3v) is 3.22. The van der Waals surface area contributed by atoms with Crippen LogP contribution in [-0.4, -0.2) is 34.2 Å². The van der Waals surface area contributed by atoms with E-state index in [1.165, 1.54) is 0 Å². The van der Waals surface area contributed by atoms with E-state index in [2.05, 4.69) is 28.7 Å². The molecule has 0 aliphatic heterocycles. The second-order valence-electron chi connectivity index (χ2n) is 3.43. The van der Waals surface area contributed by atoms with Crippen LogP contribution in [0.1, 0.15) is 23.8 Å². The quantitative estimate of drug-likeness (QED) is 0.779. The van der Waals surface area contributed by atoms with Gasteiger partial charge in [-0.05, 0) is 24.8 Å². The average molecular weight is 240 g/mol. The molecule has 1 unspecified atom stereocenters. The minimum absolute atomic E-state index is 0.183. The first-order valence-corrected chi connectivity index (χ1v) is 6.32. The lowest BCUT2D eigenvalue weighted by Crippen LogP contribution is -2.15. The zero-order chi connectivity index (χ0) is 12.0. The van der Waals surface area contributed by atoms with E-state index in [0.717, 1.165) is 13.0 Å². The number of rotatable bonds is 6.